The number of ether oxygens (including phenoxy) is 1. The Balaban J connectivity index is 1.98. The van der Waals surface area contributed by atoms with Crippen molar-refractivity contribution in [2.24, 2.45) is 23.5 Å². The maximum atomic E-state index is 12.4. The molecule has 0 radical (unpaired) electrons. The molecule has 2 N–H and O–H groups in total. The summed E-state index contributed by atoms with van der Waals surface area (Å²) in [6.07, 6.45) is 1.92. The van der Waals surface area contributed by atoms with E-state index in [1.54, 1.807) is 0 Å². The third-order valence-electron chi connectivity index (χ3n) is 4.33. The van der Waals surface area contributed by atoms with Crippen LogP contribution in [0.3, 0.4) is 0 Å². The highest BCUT2D eigenvalue weighted by Gasteiger charge is 2.37. The van der Waals surface area contributed by atoms with Gasteiger partial charge in [0.1, 0.15) is 0 Å². The van der Waals surface area contributed by atoms with E-state index < -0.39 is 0 Å². The SMILES string of the molecule is CC1CC(C)C(C(=O)N2CCOCC2)CC1N. The Morgan fingerprint density at radius 2 is 1.82 bits per heavy atom. The summed E-state index contributed by atoms with van der Waals surface area (Å²) in [5.41, 5.74) is 6.10. The summed E-state index contributed by atoms with van der Waals surface area (Å²) in [6.45, 7) is 7.21. The highest BCUT2D eigenvalue weighted by atomic mass is 16.5. The molecule has 1 saturated carbocycles. The molecular formula is C13H24N2O2. The van der Waals surface area contributed by atoms with E-state index in [9.17, 15) is 4.79 Å². The molecular weight excluding hydrogens is 216 g/mol. The van der Waals surface area contributed by atoms with Crippen molar-refractivity contribution < 1.29 is 9.53 Å². The predicted molar refractivity (Wildman–Crippen MR) is 66.4 cm³/mol. The predicted octanol–water partition coefficient (Wildman–Crippen LogP) is 0.855. The van der Waals surface area contributed by atoms with Gasteiger partial charge in [-0.2, -0.15) is 0 Å². The topological polar surface area (TPSA) is 55.6 Å². The average molecular weight is 240 g/mol. The molecule has 1 heterocycles. The number of amides is 1. The fourth-order valence-corrected chi connectivity index (χ4v) is 3.05. The lowest BCUT2D eigenvalue weighted by Gasteiger charge is -2.39. The van der Waals surface area contributed by atoms with Crippen molar-refractivity contribution in [3.8, 4) is 0 Å². The van der Waals surface area contributed by atoms with Crippen LogP contribution in [0.4, 0.5) is 0 Å². The highest BCUT2D eigenvalue weighted by molar-refractivity contribution is 5.79. The molecule has 0 aromatic rings. The first-order valence-electron chi connectivity index (χ1n) is 6.71. The molecule has 2 rings (SSSR count). The van der Waals surface area contributed by atoms with Gasteiger partial charge < -0.3 is 15.4 Å². The lowest BCUT2D eigenvalue weighted by Crippen LogP contribution is -2.49. The zero-order valence-corrected chi connectivity index (χ0v) is 10.9. The van der Waals surface area contributed by atoms with Crippen molar-refractivity contribution in [3.63, 3.8) is 0 Å². The Morgan fingerprint density at radius 3 is 2.47 bits per heavy atom. The third kappa shape index (κ3) is 2.80. The number of nitrogens with zero attached hydrogens (tertiary/aromatic N) is 1. The summed E-state index contributed by atoms with van der Waals surface area (Å²) < 4.78 is 5.28. The number of carbonyl (C=O) groups is 1. The van der Waals surface area contributed by atoms with E-state index in [1.807, 2.05) is 4.90 Å². The summed E-state index contributed by atoms with van der Waals surface area (Å²) >= 11 is 0. The minimum absolute atomic E-state index is 0.124. The Kier molecular flexibility index (Phi) is 4.05. The minimum Gasteiger partial charge on any atom is -0.378 e. The molecule has 1 amide bonds. The van der Waals surface area contributed by atoms with E-state index in [0.29, 0.717) is 31.0 Å². The number of morpholine rings is 1. The van der Waals surface area contributed by atoms with Crippen LogP contribution in [-0.4, -0.2) is 43.2 Å². The van der Waals surface area contributed by atoms with Gasteiger partial charge in [-0.15, -0.1) is 0 Å². The molecule has 2 aliphatic rings. The smallest absolute Gasteiger partial charge is 0.226 e. The van der Waals surface area contributed by atoms with Gasteiger partial charge in [-0.1, -0.05) is 13.8 Å². The second-order valence-electron chi connectivity index (χ2n) is 5.63. The minimum atomic E-state index is 0.124. The van der Waals surface area contributed by atoms with Crippen LogP contribution in [0.2, 0.25) is 0 Å². The van der Waals surface area contributed by atoms with Crippen molar-refractivity contribution in [2.75, 3.05) is 26.3 Å². The standard InChI is InChI=1S/C13H24N2O2/c1-9-7-10(2)12(14)8-11(9)13(16)15-3-5-17-6-4-15/h9-12H,3-8,14H2,1-2H3. The van der Waals surface area contributed by atoms with Gasteiger partial charge in [0.15, 0.2) is 0 Å². The Labute approximate surface area is 103 Å². The molecule has 0 aromatic heterocycles. The first-order valence-corrected chi connectivity index (χ1v) is 6.71. The van der Waals surface area contributed by atoms with Crippen molar-refractivity contribution in [1.82, 2.24) is 4.90 Å². The van der Waals surface area contributed by atoms with Crippen LogP contribution < -0.4 is 5.73 Å². The summed E-state index contributed by atoms with van der Waals surface area (Å²) in [5, 5.41) is 0. The van der Waals surface area contributed by atoms with E-state index in [1.165, 1.54) is 0 Å². The molecule has 0 bridgehead atoms. The van der Waals surface area contributed by atoms with Gasteiger partial charge in [-0.3, -0.25) is 4.79 Å². The van der Waals surface area contributed by atoms with Gasteiger partial charge in [0, 0.05) is 25.0 Å². The first-order chi connectivity index (χ1) is 8.09. The molecule has 4 nitrogen and oxygen atoms in total. The van der Waals surface area contributed by atoms with Gasteiger partial charge in [0.2, 0.25) is 5.91 Å². The van der Waals surface area contributed by atoms with Crippen LogP contribution in [0.15, 0.2) is 0 Å². The zero-order chi connectivity index (χ0) is 12.4. The second-order valence-corrected chi connectivity index (χ2v) is 5.63. The lowest BCUT2D eigenvalue weighted by molar-refractivity contribution is -0.143. The summed E-state index contributed by atoms with van der Waals surface area (Å²) in [4.78, 5) is 14.4. The molecule has 4 unspecified atom stereocenters. The van der Waals surface area contributed by atoms with Crippen molar-refractivity contribution in [2.45, 2.75) is 32.7 Å². The van der Waals surface area contributed by atoms with Gasteiger partial charge in [-0.05, 0) is 24.7 Å². The summed E-state index contributed by atoms with van der Waals surface area (Å²) in [5.74, 6) is 1.42. The molecule has 2 fully saturated rings. The van der Waals surface area contributed by atoms with Crippen LogP contribution in [0.5, 0.6) is 0 Å². The molecule has 17 heavy (non-hydrogen) atoms. The maximum Gasteiger partial charge on any atom is 0.226 e. The quantitative estimate of drug-likeness (QED) is 0.739. The van der Waals surface area contributed by atoms with Crippen LogP contribution >= 0.6 is 0 Å². The van der Waals surface area contributed by atoms with E-state index >= 15 is 0 Å². The van der Waals surface area contributed by atoms with Crippen molar-refractivity contribution in [3.05, 3.63) is 0 Å². The largest absolute Gasteiger partial charge is 0.378 e. The molecule has 1 saturated heterocycles. The van der Waals surface area contributed by atoms with Crippen LogP contribution in [0.25, 0.3) is 0 Å². The summed E-state index contributed by atoms with van der Waals surface area (Å²) in [6, 6.07) is 0.182. The molecule has 0 spiro atoms. The molecule has 4 heteroatoms. The number of nitrogens with two attached hydrogens (primary N) is 1. The van der Waals surface area contributed by atoms with E-state index in [0.717, 1.165) is 25.9 Å². The maximum absolute atomic E-state index is 12.4. The van der Waals surface area contributed by atoms with Crippen LogP contribution in [0.1, 0.15) is 26.7 Å². The highest BCUT2D eigenvalue weighted by Crippen LogP contribution is 2.34. The van der Waals surface area contributed by atoms with Gasteiger partial charge in [0.05, 0.1) is 13.2 Å². The molecule has 1 aliphatic heterocycles. The van der Waals surface area contributed by atoms with E-state index in [4.69, 9.17) is 10.5 Å². The zero-order valence-electron chi connectivity index (χ0n) is 10.9. The fourth-order valence-electron chi connectivity index (χ4n) is 3.05. The molecule has 4 atom stereocenters. The fraction of sp³-hybridized carbons (Fsp3) is 0.923. The number of hydrogen-bond acceptors (Lipinski definition) is 3. The Bertz CT molecular complexity index is 277. The van der Waals surface area contributed by atoms with Gasteiger partial charge in [-0.25, -0.2) is 0 Å². The van der Waals surface area contributed by atoms with Crippen LogP contribution in [0, 0.1) is 17.8 Å². The monoisotopic (exact) mass is 240 g/mol. The van der Waals surface area contributed by atoms with E-state index in [-0.39, 0.29) is 12.0 Å². The number of carbonyl (C=O) groups excluding carboxylic acids is 1. The number of hydrogen-bond donors (Lipinski definition) is 1. The first kappa shape index (κ1) is 12.8. The number of rotatable bonds is 1. The second kappa shape index (κ2) is 5.36. The van der Waals surface area contributed by atoms with Crippen molar-refractivity contribution >= 4 is 5.91 Å². The lowest BCUT2D eigenvalue weighted by atomic mass is 9.72. The van der Waals surface area contributed by atoms with Crippen LogP contribution in [-0.2, 0) is 9.53 Å². The Morgan fingerprint density at radius 1 is 1.18 bits per heavy atom. The Hall–Kier alpha value is -0.610. The molecule has 0 aromatic carbocycles. The molecule has 98 valence electrons. The van der Waals surface area contributed by atoms with E-state index in [2.05, 4.69) is 13.8 Å². The molecule has 1 aliphatic carbocycles. The third-order valence-corrected chi connectivity index (χ3v) is 4.33. The normalized spacial score (nSPS) is 39.1. The van der Waals surface area contributed by atoms with Gasteiger partial charge >= 0.3 is 0 Å². The average Bonchev–Trinajstić information content (AvgIpc) is 2.34. The van der Waals surface area contributed by atoms with Crippen molar-refractivity contribution in [1.29, 1.82) is 0 Å². The van der Waals surface area contributed by atoms with Gasteiger partial charge in [0.25, 0.3) is 0 Å². The summed E-state index contributed by atoms with van der Waals surface area (Å²) in [7, 11) is 0.